The van der Waals surface area contributed by atoms with Crippen molar-refractivity contribution in [3.05, 3.63) is 34.9 Å². The first-order valence-electron chi connectivity index (χ1n) is 12.2. The molecule has 2 spiro atoms. The van der Waals surface area contributed by atoms with Gasteiger partial charge in [0.25, 0.3) is 5.91 Å². The Morgan fingerprint density at radius 2 is 1.91 bits per heavy atom. The minimum atomic E-state index is -1.45. The summed E-state index contributed by atoms with van der Waals surface area (Å²) in [6.07, 6.45) is 4.91. The van der Waals surface area contributed by atoms with Crippen LogP contribution in [-0.4, -0.2) is 40.2 Å². The second kappa shape index (κ2) is 7.53. The van der Waals surface area contributed by atoms with Gasteiger partial charge in [-0.05, 0) is 67.2 Å². The summed E-state index contributed by atoms with van der Waals surface area (Å²) < 4.78 is 15.7. The summed E-state index contributed by atoms with van der Waals surface area (Å²) in [5.41, 5.74) is 5.29. The fourth-order valence-corrected chi connectivity index (χ4v) is 7.35. The zero-order valence-corrected chi connectivity index (χ0v) is 19.5. The van der Waals surface area contributed by atoms with Crippen molar-refractivity contribution in [2.75, 3.05) is 6.54 Å². The van der Waals surface area contributed by atoms with Gasteiger partial charge < -0.3 is 10.8 Å². The fourth-order valence-electron chi connectivity index (χ4n) is 7.35. The molecule has 2 saturated carbocycles. The van der Waals surface area contributed by atoms with E-state index in [0.29, 0.717) is 37.7 Å². The highest BCUT2D eigenvalue weighted by atomic mass is 19.1. The number of aliphatic imine (C=N–C) groups is 1. The van der Waals surface area contributed by atoms with E-state index in [0.717, 1.165) is 30.4 Å². The molecule has 5 rings (SSSR count). The number of rotatable bonds is 2. The van der Waals surface area contributed by atoms with Crippen molar-refractivity contribution in [1.29, 1.82) is 5.26 Å². The number of fused-ring (bicyclic) bond motifs is 3. The average Bonchev–Trinajstić information content (AvgIpc) is 3.18. The normalized spacial score (nSPS) is 37.3. The lowest BCUT2D eigenvalue weighted by molar-refractivity contribution is -0.142. The van der Waals surface area contributed by atoms with Crippen LogP contribution in [0.1, 0.15) is 75.5 Å². The summed E-state index contributed by atoms with van der Waals surface area (Å²) in [7, 11) is 0. The quantitative estimate of drug-likeness (QED) is 0.716. The maximum Gasteiger partial charge on any atom is 0.262 e. The van der Waals surface area contributed by atoms with Crippen LogP contribution in [0.25, 0.3) is 0 Å². The van der Waals surface area contributed by atoms with Gasteiger partial charge in [0.1, 0.15) is 5.67 Å². The largest absolute Gasteiger partial charge is 0.393 e. The van der Waals surface area contributed by atoms with Crippen LogP contribution in [0.15, 0.2) is 23.2 Å². The first-order valence-corrected chi connectivity index (χ1v) is 12.2. The number of benzene rings is 1. The van der Waals surface area contributed by atoms with Crippen LogP contribution in [-0.2, 0) is 16.8 Å². The lowest BCUT2D eigenvalue weighted by atomic mass is 9.56. The van der Waals surface area contributed by atoms with Gasteiger partial charge in [0.2, 0.25) is 0 Å². The van der Waals surface area contributed by atoms with Gasteiger partial charge in [-0.1, -0.05) is 39.2 Å². The van der Waals surface area contributed by atoms with Gasteiger partial charge in [-0.2, -0.15) is 5.26 Å². The summed E-state index contributed by atoms with van der Waals surface area (Å²) in [6, 6.07) is 7.65. The molecule has 1 aliphatic heterocycles. The summed E-state index contributed by atoms with van der Waals surface area (Å²) in [4.78, 5) is 20.6. The average molecular weight is 453 g/mol. The third-order valence-electron chi connectivity index (χ3n) is 8.82. The molecule has 3 N–H and O–H groups in total. The van der Waals surface area contributed by atoms with E-state index in [1.807, 2.05) is 19.9 Å². The van der Waals surface area contributed by atoms with Gasteiger partial charge in [-0.15, -0.1) is 0 Å². The molecule has 5 atom stereocenters. The Kier molecular flexibility index (Phi) is 5.09. The molecule has 7 heteroatoms. The highest BCUT2D eigenvalue weighted by Crippen LogP contribution is 2.63. The van der Waals surface area contributed by atoms with Gasteiger partial charge in [-0.3, -0.25) is 9.69 Å². The summed E-state index contributed by atoms with van der Waals surface area (Å²) in [5, 5.41) is 20.2. The second-order valence-corrected chi connectivity index (χ2v) is 11.1. The summed E-state index contributed by atoms with van der Waals surface area (Å²) in [6.45, 7) is 3.96. The van der Waals surface area contributed by atoms with Gasteiger partial charge in [-0.25, -0.2) is 9.38 Å². The van der Waals surface area contributed by atoms with E-state index in [1.165, 1.54) is 4.90 Å². The van der Waals surface area contributed by atoms with E-state index < -0.39 is 22.7 Å². The molecule has 0 saturated heterocycles. The van der Waals surface area contributed by atoms with E-state index in [4.69, 9.17) is 10.7 Å². The Balaban J connectivity index is 1.63. The zero-order chi connectivity index (χ0) is 23.6. The number of nitrogens with two attached hydrogens (primary N) is 1. The van der Waals surface area contributed by atoms with Crippen molar-refractivity contribution < 1.29 is 14.3 Å². The second-order valence-electron chi connectivity index (χ2n) is 11.1. The van der Waals surface area contributed by atoms with Gasteiger partial charge in [0.15, 0.2) is 11.5 Å². The van der Waals surface area contributed by atoms with E-state index in [2.05, 4.69) is 6.07 Å². The van der Waals surface area contributed by atoms with Crippen LogP contribution in [0.4, 0.5) is 4.39 Å². The number of aliphatic hydroxyl groups excluding tert-OH is 1. The van der Waals surface area contributed by atoms with E-state index >= 15 is 4.39 Å². The molecule has 33 heavy (non-hydrogen) atoms. The first-order chi connectivity index (χ1) is 15.6. The minimum Gasteiger partial charge on any atom is -0.393 e. The van der Waals surface area contributed by atoms with Crippen LogP contribution in [0.3, 0.4) is 0 Å². The Morgan fingerprint density at radius 3 is 2.55 bits per heavy atom. The lowest BCUT2D eigenvalue weighted by Gasteiger charge is -2.49. The third kappa shape index (κ3) is 3.13. The molecule has 4 aliphatic rings. The maximum absolute atomic E-state index is 15.7. The Hall–Kier alpha value is -2.46. The van der Waals surface area contributed by atoms with Crippen LogP contribution >= 0.6 is 0 Å². The van der Waals surface area contributed by atoms with Crippen molar-refractivity contribution >= 4 is 11.9 Å². The van der Waals surface area contributed by atoms with Crippen molar-refractivity contribution in [3.8, 4) is 6.07 Å². The molecule has 1 aromatic carbocycles. The predicted octanol–water partition coefficient (Wildman–Crippen LogP) is 3.55. The zero-order valence-electron chi connectivity index (χ0n) is 19.5. The predicted molar refractivity (Wildman–Crippen MR) is 123 cm³/mol. The molecule has 6 nitrogen and oxygen atoms in total. The molecule has 1 aromatic rings. The highest BCUT2D eigenvalue weighted by Gasteiger charge is 2.68. The molecule has 3 aliphatic carbocycles. The minimum absolute atomic E-state index is 0.0143. The number of alkyl halides is 1. The van der Waals surface area contributed by atoms with Crippen molar-refractivity contribution in [3.63, 3.8) is 0 Å². The number of guanidine groups is 1. The van der Waals surface area contributed by atoms with Gasteiger partial charge in [0.05, 0.1) is 24.3 Å². The summed E-state index contributed by atoms with van der Waals surface area (Å²) in [5.74, 6) is -0.227. The van der Waals surface area contributed by atoms with Gasteiger partial charge >= 0.3 is 0 Å². The molecular formula is C26H33FN4O2. The third-order valence-corrected chi connectivity index (χ3v) is 8.82. The topological polar surface area (TPSA) is 103 Å². The number of hydrogen-bond donors (Lipinski definition) is 2. The molecular weight excluding hydrogens is 419 g/mol. The smallest absolute Gasteiger partial charge is 0.262 e. The molecule has 1 heterocycles. The number of halogens is 1. The SMILES string of the molecule is C[C@@H]1CC2(Cc3ccc(C#N)cc3[C@]23N=C(N)N(CC2(F)CCCCC2)C3=O)C[C@H](C)C1O. The molecule has 2 fully saturated rings. The highest BCUT2D eigenvalue weighted by molar-refractivity contribution is 6.08. The Bertz CT molecular complexity index is 1040. The number of carbonyl (C=O) groups excluding carboxylic acids is 1. The standard InChI is InChI=1S/C26H33FN4O2/c1-16-11-24(12-17(2)21(16)32)13-19-7-6-18(14-28)10-20(19)26(24)22(33)31(23(29)30-26)15-25(27)8-4-3-5-9-25/h6-7,10,16-17,21,32H,3-5,8-9,11-13,15H2,1-2H3,(H2,29,30)/t16-,17+,21?,24?,26-/m1/s1. The lowest BCUT2D eigenvalue weighted by Crippen LogP contribution is -2.56. The van der Waals surface area contributed by atoms with Crippen LogP contribution < -0.4 is 5.73 Å². The van der Waals surface area contributed by atoms with E-state index in [9.17, 15) is 15.2 Å². The Labute approximate surface area is 194 Å². The number of amides is 1. The van der Waals surface area contributed by atoms with E-state index in [1.54, 1.807) is 12.1 Å². The maximum atomic E-state index is 15.7. The van der Waals surface area contributed by atoms with Crippen LogP contribution in [0, 0.1) is 28.6 Å². The van der Waals surface area contributed by atoms with Crippen molar-refractivity contribution in [2.45, 2.75) is 82.5 Å². The number of aliphatic hydroxyl groups is 1. The number of carbonyl (C=O) groups is 1. The van der Waals surface area contributed by atoms with Gasteiger partial charge in [0, 0.05) is 5.41 Å². The molecule has 2 unspecified atom stereocenters. The van der Waals surface area contributed by atoms with E-state index in [-0.39, 0.29) is 30.2 Å². The number of nitriles is 1. The molecule has 0 aromatic heterocycles. The van der Waals surface area contributed by atoms with Crippen LogP contribution in [0.5, 0.6) is 0 Å². The molecule has 0 radical (unpaired) electrons. The first kappa shape index (κ1) is 22.3. The molecule has 1 amide bonds. The van der Waals surface area contributed by atoms with Crippen molar-refractivity contribution in [2.24, 2.45) is 28.0 Å². The number of nitrogens with zero attached hydrogens (tertiary/aromatic N) is 3. The Morgan fingerprint density at radius 1 is 1.24 bits per heavy atom. The fraction of sp³-hybridized carbons (Fsp3) is 0.654. The monoisotopic (exact) mass is 452 g/mol. The number of hydrogen-bond acceptors (Lipinski definition) is 5. The molecule has 0 bridgehead atoms. The van der Waals surface area contributed by atoms with Crippen molar-refractivity contribution in [1.82, 2.24) is 4.90 Å². The summed E-state index contributed by atoms with van der Waals surface area (Å²) >= 11 is 0. The van der Waals surface area contributed by atoms with Crippen LogP contribution in [0.2, 0.25) is 0 Å². The molecule has 176 valence electrons.